The van der Waals surface area contributed by atoms with Crippen LogP contribution in [-0.2, 0) is 6.54 Å². The summed E-state index contributed by atoms with van der Waals surface area (Å²) in [5.74, 6) is 0.409. The van der Waals surface area contributed by atoms with Crippen LogP contribution in [0.4, 0.5) is 5.95 Å². The van der Waals surface area contributed by atoms with E-state index in [9.17, 15) is 0 Å². The Kier molecular flexibility index (Phi) is 3.95. The van der Waals surface area contributed by atoms with Gasteiger partial charge in [-0.2, -0.15) is 15.5 Å². The average Bonchev–Trinajstić information content (AvgIpc) is 3.09. The summed E-state index contributed by atoms with van der Waals surface area (Å²) in [4.78, 5) is 8.74. The number of aromatic nitrogens is 6. The highest BCUT2D eigenvalue weighted by atomic mass is 15.2. The zero-order valence-electron chi connectivity index (χ0n) is 13.9. The minimum atomic E-state index is 0.409. The Morgan fingerprint density at radius 1 is 1.27 bits per heavy atom. The van der Waals surface area contributed by atoms with Crippen molar-refractivity contribution >= 4 is 17.0 Å². The third kappa shape index (κ3) is 2.93. The van der Waals surface area contributed by atoms with E-state index in [1.54, 1.807) is 18.5 Å². The van der Waals surface area contributed by atoms with Gasteiger partial charge in [0.1, 0.15) is 0 Å². The predicted octanol–water partition coefficient (Wildman–Crippen LogP) is 2.60. The van der Waals surface area contributed by atoms with Gasteiger partial charge in [-0.05, 0) is 36.8 Å². The van der Waals surface area contributed by atoms with Crippen LogP contribution >= 0.6 is 0 Å². The predicted molar refractivity (Wildman–Crippen MR) is 95.9 cm³/mol. The van der Waals surface area contributed by atoms with Crippen LogP contribution < -0.4 is 5.32 Å². The van der Waals surface area contributed by atoms with Gasteiger partial charge in [0.15, 0.2) is 5.65 Å². The molecule has 0 atom stereocenters. The molecule has 4 rings (SSSR count). The van der Waals surface area contributed by atoms with Crippen LogP contribution in [0, 0.1) is 18.3 Å². The highest BCUT2D eigenvalue weighted by Crippen LogP contribution is 2.22. The Bertz CT molecular complexity index is 1130. The molecule has 0 radical (unpaired) electrons. The summed E-state index contributed by atoms with van der Waals surface area (Å²) in [6.07, 6.45) is 3.32. The lowest BCUT2D eigenvalue weighted by Gasteiger charge is -2.07. The minimum Gasteiger partial charge on any atom is -0.347 e. The molecule has 3 aromatic heterocycles. The molecular weight excluding hydrogens is 328 g/mol. The highest BCUT2D eigenvalue weighted by Gasteiger charge is 2.09. The van der Waals surface area contributed by atoms with E-state index in [2.05, 4.69) is 41.7 Å². The number of pyridine rings is 1. The lowest BCUT2D eigenvalue weighted by Crippen LogP contribution is -2.06. The van der Waals surface area contributed by atoms with E-state index < -0.39 is 0 Å². The average molecular weight is 342 g/mol. The van der Waals surface area contributed by atoms with Crippen molar-refractivity contribution in [2.24, 2.45) is 0 Å². The molecule has 0 amide bonds. The minimum absolute atomic E-state index is 0.409. The van der Waals surface area contributed by atoms with E-state index in [0.29, 0.717) is 23.8 Å². The number of hydrogen-bond donors (Lipinski definition) is 2. The van der Waals surface area contributed by atoms with Crippen molar-refractivity contribution < 1.29 is 0 Å². The van der Waals surface area contributed by atoms with Gasteiger partial charge in [0.25, 0.3) is 0 Å². The van der Waals surface area contributed by atoms with Gasteiger partial charge in [-0.3, -0.25) is 5.10 Å². The number of anilines is 1. The van der Waals surface area contributed by atoms with Crippen LogP contribution in [0.3, 0.4) is 0 Å². The summed E-state index contributed by atoms with van der Waals surface area (Å²) in [5, 5.41) is 28.3. The Labute approximate surface area is 149 Å². The van der Waals surface area contributed by atoms with Crippen molar-refractivity contribution in [2.75, 3.05) is 5.32 Å². The Morgan fingerprint density at radius 3 is 3.04 bits per heavy atom. The molecule has 0 saturated heterocycles. The molecule has 1 aromatic carbocycles. The lowest BCUT2D eigenvalue weighted by molar-refractivity contribution is 0.926. The van der Waals surface area contributed by atoms with Gasteiger partial charge in [0.2, 0.25) is 5.95 Å². The van der Waals surface area contributed by atoms with E-state index in [1.807, 2.05) is 31.2 Å². The largest absolute Gasteiger partial charge is 0.347 e. The molecule has 0 bridgehead atoms. The van der Waals surface area contributed by atoms with Crippen LogP contribution in [0.1, 0.15) is 16.8 Å². The Morgan fingerprint density at radius 2 is 2.19 bits per heavy atom. The summed E-state index contributed by atoms with van der Waals surface area (Å²) in [6, 6.07) is 11.4. The van der Waals surface area contributed by atoms with E-state index in [-0.39, 0.29) is 0 Å². The first-order chi connectivity index (χ1) is 12.7. The topological polar surface area (TPSA) is 116 Å². The summed E-state index contributed by atoms with van der Waals surface area (Å²) in [5.41, 5.74) is 4.75. The summed E-state index contributed by atoms with van der Waals surface area (Å²) in [7, 11) is 0. The van der Waals surface area contributed by atoms with Gasteiger partial charge < -0.3 is 5.32 Å². The van der Waals surface area contributed by atoms with Crippen LogP contribution in [-0.4, -0.2) is 30.4 Å². The number of benzene rings is 1. The molecule has 0 unspecified atom stereocenters. The molecule has 0 saturated carbocycles. The van der Waals surface area contributed by atoms with Crippen molar-refractivity contribution in [3.05, 3.63) is 59.5 Å². The van der Waals surface area contributed by atoms with Gasteiger partial charge in [-0.15, -0.1) is 5.10 Å². The van der Waals surface area contributed by atoms with Gasteiger partial charge in [-0.25, -0.2) is 9.97 Å². The van der Waals surface area contributed by atoms with E-state index in [4.69, 9.17) is 5.26 Å². The second-order valence-electron chi connectivity index (χ2n) is 5.73. The summed E-state index contributed by atoms with van der Waals surface area (Å²) >= 11 is 0. The standard InChI is InChI=1S/C18H14N8/c1-11-7-12(8-19)4-5-13(11)15-10-22-26-18(23-15)21-9-16-14-3-2-6-20-17(14)25-24-16/h2-7,10H,9H2,1H3,(H,20,24,25)(H,21,23,26). The summed E-state index contributed by atoms with van der Waals surface area (Å²) < 4.78 is 0. The molecule has 26 heavy (non-hydrogen) atoms. The molecule has 8 heteroatoms. The van der Waals surface area contributed by atoms with Crippen molar-refractivity contribution in [2.45, 2.75) is 13.5 Å². The van der Waals surface area contributed by atoms with Crippen molar-refractivity contribution in [3.63, 3.8) is 0 Å². The first-order valence-electron chi connectivity index (χ1n) is 7.97. The number of rotatable bonds is 4. The van der Waals surface area contributed by atoms with Crippen molar-refractivity contribution in [1.29, 1.82) is 5.26 Å². The van der Waals surface area contributed by atoms with E-state index in [1.165, 1.54) is 0 Å². The first-order valence-corrected chi connectivity index (χ1v) is 7.97. The Hall–Kier alpha value is -3.86. The van der Waals surface area contributed by atoms with Crippen LogP contribution in [0.15, 0.2) is 42.7 Å². The molecule has 0 aliphatic carbocycles. The number of nitriles is 1. The third-order valence-corrected chi connectivity index (χ3v) is 4.02. The molecule has 0 aliphatic heterocycles. The van der Waals surface area contributed by atoms with Crippen LogP contribution in [0.2, 0.25) is 0 Å². The lowest BCUT2D eigenvalue weighted by atomic mass is 10.0. The highest BCUT2D eigenvalue weighted by molar-refractivity contribution is 5.77. The number of aromatic amines is 1. The number of nitrogens with one attached hydrogen (secondary N) is 2. The number of aryl methyl sites for hydroxylation is 1. The Balaban J connectivity index is 1.57. The van der Waals surface area contributed by atoms with Crippen molar-refractivity contribution in [1.82, 2.24) is 30.4 Å². The fraction of sp³-hybridized carbons (Fsp3) is 0.111. The molecule has 0 fully saturated rings. The smallest absolute Gasteiger partial charge is 0.243 e. The number of H-pyrrole nitrogens is 1. The molecular formula is C18H14N8. The monoisotopic (exact) mass is 342 g/mol. The molecule has 8 nitrogen and oxygen atoms in total. The first kappa shape index (κ1) is 15.7. The van der Waals surface area contributed by atoms with Gasteiger partial charge in [0.05, 0.1) is 35.8 Å². The normalized spacial score (nSPS) is 10.6. The molecule has 0 aliphatic rings. The van der Waals surface area contributed by atoms with E-state index in [0.717, 1.165) is 27.9 Å². The maximum absolute atomic E-state index is 8.99. The molecule has 3 heterocycles. The molecule has 4 aromatic rings. The number of fused-ring (bicyclic) bond motifs is 1. The SMILES string of the molecule is Cc1cc(C#N)ccc1-c1cnnc(NCc2n[nH]c3ncccc23)n1. The second kappa shape index (κ2) is 6.57. The zero-order chi connectivity index (χ0) is 17.9. The molecule has 126 valence electrons. The van der Waals surface area contributed by atoms with Gasteiger partial charge >= 0.3 is 0 Å². The number of hydrogen-bond acceptors (Lipinski definition) is 7. The van der Waals surface area contributed by atoms with Gasteiger partial charge in [0, 0.05) is 17.1 Å². The maximum atomic E-state index is 8.99. The third-order valence-electron chi connectivity index (χ3n) is 4.02. The fourth-order valence-electron chi connectivity index (χ4n) is 2.73. The molecule has 0 spiro atoms. The summed E-state index contributed by atoms with van der Waals surface area (Å²) in [6.45, 7) is 2.39. The van der Waals surface area contributed by atoms with Crippen molar-refractivity contribution in [3.8, 4) is 17.3 Å². The van der Waals surface area contributed by atoms with Crippen LogP contribution in [0.25, 0.3) is 22.3 Å². The van der Waals surface area contributed by atoms with E-state index >= 15 is 0 Å². The van der Waals surface area contributed by atoms with Gasteiger partial charge in [-0.1, -0.05) is 6.07 Å². The quantitative estimate of drug-likeness (QED) is 0.585. The number of nitrogens with zero attached hydrogens (tertiary/aromatic N) is 6. The molecule has 2 N–H and O–H groups in total. The second-order valence-corrected chi connectivity index (χ2v) is 5.73. The maximum Gasteiger partial charge on any atom is 0.243 e. The zero-order valence-corrected chi connectivity index (χ0v) is 13.9. The fourth-order valence-corrected chi connectivity index (χ4v) is 2.73. The van der Waals surface area contributed by atoms with Crippen LogP contribution in [0.5, 0.6) is 0 Å².